The number of ether oxygens (including phenoxy) is 2. The number of amides is 1. The zero-order chi connectivity index (χ0) is 21.8. The molecule has 7 nitrogen and oxygen atoms in total. The molecule has 2 rings (SSSR count). The van der Waals surface area contributed by atoms with E-state index in [1.165, 1.54) is 24.4 Å². The lowest BCUT2D eigenvalue weighted by molar-refractivity contribution is 0.0500. The number of carbonyl (C=O) groups excluding carboxylic acids is 1. The molecule has 29 heavy (non-hydrogen) atoms. The lowest BCUT2D eigenvalue weighted by Crippen LogP contribution is -2.35. The van der Waals surface area contributed by atoms with Gasteiger partial charge in [-0.3, -0.25) is 0 Å². The Labute approximate surface area is 172 Å². The summed E-state index contributed by atoms with van der Waals surface area (Å²) in [7, 11) is 0. The molecule has 0 bridgehead atoms. The van der Waals surface area contributed by atoms with E-state index in [4.69, 9.17) is 26.2 Å². The topological polar surface area (TPSA) is 97.8 Å². The van der Waals surface area contributed by atoms with Crippen molar-refractivity contribution < 1.29 is 28.6 Å². The molecule has 0 fully saturated rings. The minimum Gasteiger partial charge on any atom is -0.477 e. The number of rotatable bonds is 6. The van der Waals surface area contributed by atoms with Gasteiger partial charge in [-0.25, -0.2) is 19.0 Å². The first-order chi connectivity index (χ1) is 13.5. The summed E-state index contributed by atoms with van der Waals surface area (Å²) < 4.78 is 25.9. The molecular formula is C20H22ClFN2O5. The maximum absolute atomic E-state index is 15.2. The molecule has 156 valence electrons. The van der Waals surface area contributed by atoms with Gasteiger partial charge in [-0.05, 0) is 39.3 Å². The van der Waals surface area contributed by atoms with Gasteiger partial charge in [-0.1, -0.05) is 24.6 Å². The second-order valence-electron chi connectivity index (χ2n) is 7.17. The summed E-state index contributed by atoms with van der Waals surface area (Å²) in [5.74, 6) is -2.24. The smallest absolute Gasteiger partial charge is 0.408 e. The Balaban J connectivity index is 2.32. The summed E-state index contributed by atoms with van der Waals surface area (Å²) in [6.45, 7) is 6.95. The Hall–Kier alpha value is -2.87. The molecule has 0 radical (unpaired) electrons. The first kappa shape index (κ1) is 22.4. The molecule has 1 aromatic carbocycles. The third-order valence-corrected chi connectivity index (χ3v) is 4.02. The van der Waals surface area contributed by atoms with E-state index in [2.05, 4.69) is 10.3 Å². The SMILES string of the molecule is CC[C@@H](NC(=O)OC(C)(C)C)c1ccc(Cl)c(Oc2ccnc(C(=O)O)c2)c1F. The van der Waals surface area contributed by atoms with Gasteiger partial charge in [0, 0.05) is 17.8 Å². The predicted molar refractivity (Wildman–Crippen MR) is 105 cm³/mol. The number of nitrogens with zero attached hydrogens (tertiary/aromatic N) is 1. The first-order valence-electron chi connectivity index (χ1n) is 8.86. The average Bonchev–Trinajstić information content (AvgIpc) is 2.62. The number of alkyl carbamates (subject to hydrolysis) is 1. The molecule has 2 N–H and O–H groups in total. The van der Waals surface area contributed by atoms with E-state index >= 15 is 4.39 Å². The van der Waals surface area contributed by atoms with E-state index < -0.39 is 29.5 Å². The monoisotopic (exact) mass is 424 g/mol. The van der Waals surface area contributed by atoms with E-state index in [9.17, 15) is 9.59 Å². The number of pyridine rings is 1. The van der Waals surface area contributed by atoms with Crippen LogP contribution >= 0.6 is 11.6 Å². The maximum atomic E-state index is 15.2. The van der Waals surface area contributed by atoms with Crippen LogP contribution in [0.1, 0.15) is 56.2 Å². The second kappa shape index (κ2) is 9.09. The van der Waals surface area contributed by atoms with Gasteiger partial charge in [0.15, 0.2) is 17.3 Å². The van der Waals surface area contributed by atoms with E-state index in [1.807, 2.05) is 0 Å². The van der Waals surface area contributed by atoms with E-state index in [-0.39, 0.29) is 27.8 Å². The Bertz CT molecular complexity index is 914. The van der Waals surface area contributed by atoms with Crippen molar-refractivity contribution >= 4 is 23.7 Å². The number of aromatic carboxylic acids is 1. The largest absolute Gasteiger partial charge is 0.477 e. The number of carboxylic acids is 1. The number of carbonyl (C=O) groups is 2. The van der Waals surface area contributed by atoms with Crippen LogP contribution in [0.25, 0.3) is 0 Å². The minimum atomic E-state index is -1.25. The third kappa shape index (κ3) is 6.05. The summed E-state index contributed by atoms with van der Waals surface area (Å²) >= 11 is 6.09. The first-order valence-corrected chi connectivity index (χ1v) is 9.24. The Kier molecular flexibility index (Phi) is 7.02. The Morgan fingerprint density at radius 3 is 2.59 bits per heavy atom. The summed E-state index contributed by atoms with van der Waals surface area (Å²) in [6.07, 6.45) is 0.935. The molecule has 0 aliphatic heterocycles. The van der Waals surface area contributed by atoms with Crippen molar-refractivity contribution in [2.24, 2.45) is 0 Å². The maximum Gasteiger partial charge on any atom is 0.408 e. The van der Waals surface area contributed by atoms with E-state index in [0.717, 1.165) is 6.07 Å². The lowest BCUT2D eigenvalue weighted by atomic mass is 10.0. The number of nitrogens with one attached hydrogen (secondary N) is 1. The molecule has 0 saturated heterocycles. The van der Waals surface area contributed by atoms with Crippen LogP contribution in [0.2, 0.25) is 5.02 Å². The van der Waals surface area contributed by atoms with Gasteiger partial charge in [0.05, 0.1) is 11.1 Å². The van der Waals surface area contributed by atoms with E-state index in [1.54, 1.807) is 27.7 Å². The standard InChI is InChI=1S/C20H22ClFN2O5/c1-5-14(24-19(27)29-20(2,3)4)12-6-7-13(21)17(16(12)22)28-11-8-9-23-15(10-11)18(25)26/h6-10,14H,5H2,1-4H3,(H,24,27)(H,25,26)/t14-/m1/s1. The number of hydrogen-bond acceptors (Lipinski definition) is 5. The van der Waals surface area contributed by atoms with Crippen molar-refractivity contribution in [2.45, 2.75) is 45.8 Å². The normalized spacial score (nSPS) is 12.2. The molecular weight excluding hydrogens is 403 g/mol. The van der Waals surface area contributed by atoms with Gasteiger partial charge in [0.25, 0.3) is 0 Å². The van der Waals surface area contributed by atoms with Crippen LogP contribution in [0.5, 0.6) is 11.5 Å². The summed E-state index contributed by atoms with van der Waals surface area (Å²) in [6, 6.07) is 4.74. The highest BCUT2D eigenvalue weighted by Gasteiger charge is 2.24. The fourth-order valence-corrected chi connectivity index (χ4v) is 2.65. The molecule has 1 amide bonds. The summed E-state index contributed by atoms with van der Waals surface area (Å²) in [5, 5.41) is 11.6. The van der Waals surface area contributed by atoms with Gasteiger partial charge in [0.1, 0.15) is 11.4 Å². The molecule has 0 saturated carbocycles. The van der Waals surface area contributed by atoms with Crippen molar-refractivity contribution in [1.82, 2.24) is 10.3 Å². The van der Waals surface area contributed by atoms with Crippen molar-refractivity contribution in [3.8, 4) is 11.5 Å². The number of benzene rings is 1. The Morgan fingerprint density at radius 2 is 2.00 bits per heavy atom. The van der Waals surface area contributed by atoms with Crippen molar-refractivity contribution in [3.05, 3.63) is 52.6 Å². The van der Waals surface area contributed by atoms with Gasteiger partial charge in [0.2, 0.25) is 0 Å². The highest BCUT2D eigenvalue weighted by atomic mass is 35.5. The van der Waals surface area contributed by atoms with Crippen LogP contribution < -0.4 is 10.1 Å². The average molecular weight is 425 g/mol. The van der Waals surface area contributed by atoms with Crippen LogP contribution in [-0.2, 0) is 4.74 Å². The number of hydrogen-bond donors (Lipinski definition) is 2. The lowest BCUT2D eigenvalue weighted by Gasteiger charge is -2.24. The number of carboxylic acid groups (broad SMARTS) is 1. The van der Waals surface area contributed by atoms with E-state index in [0.29, 0.717) is 6.42 Å². The quantitative estimate of drug-likeness (QED) is 0.649. The van der Waals surface area contributed by atoms with Crippen LogP contribution in [0.4, 0.5) is 9.18 Å². The van der Waals surface area contributed by atoms with Gasteiger partial charge < -0.3 is 19.9 Å². The molecule has 0 aliphatic carbocycles. The molecule has 0 aliphatic rings. The van der Waals surface area contributed by atoms with Crippen LogP contribution in [0, 0.1) is 5.82 Å². The van der Waals surface area contributed by atoms with Gasteiger partial charge in [-0.15, -0.1) is 0 Å². The molecule has 0 spiro atoms. The zero-order valence-electron chi connectivity index (χ0n) is 16.5. The summed E-state index contributed by atoms with van der Waals surface area (Å²) in [4.78, 5) is 26.8. The Morgan fingerprint density at radius 1 is 1.31 bits per heavy atom. The van der Waals surface area contributed by atoms with Crippen molar-refractivity contribution in [2.75, 3.05) is 0 Å². The highest BCUT2D eigenvalue weighted by molar-refractivity contribution is 6.32. The minimum absolute atomic E-state index is 0.00735. The number of aromatic nitrogens is 1. The second-order valence-corrected chi connectivity index (χ2v) is 7.58. The van der Waals surface area contributed by atoms with Crippen molar-refractivity contribution in [3.63, 3.8) is 0 Å². The van der Waals surface area contributed by atoms with Crippen LogP contribution in [0.15, 0.2) is 30.5 Å². The van der Waals surface area contributed by atoms with Crippen molar-refractivity contribution in [1.29, 1.82) is 0 Å². The molecule has 9 heteroatoms. The van der Waals surface area contributed by atoms with Crippen LogP contribution in [0.3, 0.4) is 0 Å². The van der Waals surface area contributed by atoms with Crippen LogP contribution in [-0.4, -0.2) is 27.8 Å². The fraction of sp³-hybridized carbons (Fsp3) is 0.350. The van der Waals surface area contributed by atoms with Gasteiger partial charge >= 0.3 is 12.1 Å². The molecule has 1 heterocycles. The molecule has 1 atom stereocenters. The predicted octanol–water partition coefficient (Wildman–Crippen LogP) is 5.34. The third-order valence-electron chi connectivity index (χ3n) is 3.72. The molecule has 2 aromatic rings. The molecule has 0 unspecified atom stereocenters. The van der Waals surface area contributed by atoms with Gasteiger partial charge in [-0.2, -0.15) is 0 Å². The zero-order valence-corrected chi connectivity index (χ0v) is 17.2. The highest BCUT2D eigenvalue weighted by Crippen LogP contribution is 2.36. The fourth-order valence-electron chi connectivity index (χ4n) is 2.47. The number of halogens is 2. The summed E-state index contributed by atoms with van der Waals surface area (Å²) in [5.41, 5.74) is -0.795. The molecule has 1 aromatic heterocycles.